The van der Waals surface area contributed by atoms with Crippen molar-refractivity contribution in [1.82, 2.24) is 9.88 Å². The fourth-order valence-electron chi connectivity index (χ4n) is 4.19. The number of carbonyl (C=O) groups excluding carboxylic acids is 1. The van der Waals surface area contributed by atoms with Crippen molar-refractivity contribution in [1.29, 1.82) is 0 Å². The molecule has 0 unspecified atom stereocenters. The summed E-state index contributed by atoms with van der Waals surface area (Å²) in [5.41, 5.74) is 9.03. The predicted octanol–water partition coefficient (Wildman–Crippen LogP) is 6.05. The van der Waals surface area contributed by atoms with E-state index in [0.29, 0.717) is 26.1 Å². The Morgan fingerprint density at radius 1 is 0.882 bits per heavy atom. The molecule has 176 valence electrons. The number of hydrogen-bond acceptors (Lipinski definition) is 3. The van der Waals surface area contributed by atoms with Gasteiger partial charge in [-0.3, -0.25) is 4.79 Å². The number of nitrogens with zero attached hydrogens (tertiary/aromatic N) is 1. The Morgan fingerprint density at radius 3 is 2.53 bits per heavy atom. The molecule has 5 heteroatoms. The number of H-pyrrole nitrogens is 1. The molecule has 0 fully saturated rings. The first-order chi connectivity index (χ1) is 16.7. The Morgan fingerprint density at radius 2 is 1.68 bits per heavy atom. The van der Waals surface area contributed by atoms with Crippen LogP contribution in [0.2, 0.25) is 0 Å². The van der Waals surface area contributed by atoms with E-state index in [9.17, 15) is 4.79 Å². The molecule has 0 radical (unpaired) electrons. The van der Waals surface area contributed by atoms with Gasteiger partial charge in [0.25, 0.3) is 0 Å². The lowest BCUT2D eigenvalue weighted by molar-refractivity contribution is -0.131. The summed E-state index contributed by atoms with van der Waals surface area (Å²) in [6, 6.07) is 26.0. The van der Waals surface area contributed by atoms with Crippen LogP contribution in [0.4, 0.5) is 0 Å². The Balaban J connectivity index is 1.46. The number of fused-ring (bicyclic) bond motifs is 1. The maximum Gasteiger partial charge on any atom is 0.222 e. The monoisotopic (exact) mass is 455 g/mol. The van der Waals surface area contributed by atoms with Gasteiger partial charge in [-0.2, -0.15) is 0 Å². The molecule has 4 rings (SSSR count). The lowest BCUT2D eigenvalue weighted by atomic mass is 10.1. The van der Waals surface area contributed by atoms with Gasteiger partial charge in [-0.1, -0.05) is 55.0 Å². The summed E-state index contributed by atoms with van der Waals surface area (Å²) in [5.74, 6) is 1.76. The number of rotatable bonds is 12. The summed E-state index contributed by atoms with van der Waals surface area (Å²) in [6.45, 7) is 1.90. The molecule has 0 spiro atoms. The van der Waals surface area contributed by atoms with Gasteiger partial charge in [0.1, 0.15) is 11.5 Å². The van der Waals surface area contributed by atoms with Crippen LogP contribution in [-0.2, 0) is 17.8 Å². The third kappa shape index (κ3) is 6.49. The number of aromatic amines is 1. The fourth-order valence-corrected chi connectivity index (χ4v) is 4.19. The third-order valence-electron chi connectivity index (χ3n) is 6.02. The number of unbranched alkanes of at least 4 members (excludes halogenated alkanes) is 2. The SMILES string of the molecule is NCCCCCC(=O)N(CCc1c[nH]c2ccccc12)Cc1cccc(Oc2ccccc2)c1. The van der Waals surface area contributed by atoms with E-state index < -0.39 is 0 Å². The van der Waals surface area contributed by atoms with E-state index in [2.05, 4.69) is 35.4 Å². The molecular formula is C29H33N3O2. The standard InChI is InChI=1S/C29H33N3O2/c30-18-8-2-5-16-29(33)32(19-17-24-21-31-28-15-7-6-14-27(24)28)22-23-10-9-13-26(20-23)34-25-11-3-1-4-12-25/h1,3-4,6-7,9-15,20-21,31H,2,5,8,16-19,22,30H2. The van der Waals surface area contributed by atoms with Gasteiger partial charge in [-0.25, -0.2) is 0 Å². The molecule has 1 amide bonds. The molecule has 0 aliphatic carbocycles. The van der Waals surface area contributed by atoms with E-state index in [4.69, 9.17) is 10.5 Å². The minimum Gasteiger partial charge on any atom is -0.457 e. The van der Waals surface area contributed by atoms with Crippen LogP contribution in [0.15, 0.2) is 85.1 Å². The zero-order chi connectivity index (χ0) is 23.6. The first-order valence-corrected chi connectivity index (χ1v) is 12.1. The highest BCUT2D eigenvalue weighted by Gasteiger charge is 2.15. The highest BCUT2D eigenvalue weighted by atomic mass is 16.5. The van der Waals surface area contributed by atoms with Crippen LogP contribution in [-0.4, -0.2) is 28.9 Å². The summed E-state index contributed by atoms with van der Waals surface area (Å²) in [6.07, 6.45) is 6.23. The van der Waals surface area contributed by atoms with Gasteiger partial charge < -0.3 is 20.4 Å². The molecule has 1 heterocycles. The minimum absolute atomic E-state index is 0.186. The highest BCUT2D eigenvalue weighted by Crippen LogP contribution is 2.23. The quantitative estimate of drug-likeness (QED) is 0.255. The van der Waals surface area contributed by atoms with Crippen LogP contribution in [0.5, 0.6) is 11.5 Å². The Hall–Kier alpha value is -3.57. The minimum atomic E-state index is 0.186. The zero-order valence-corrected chi connectivity index (χ0v) is 19.6. The number of benzene rings is 3. The second-order valence-electron chi connectivity index (χ2n) is 8.59. The summed E-state index contributed by atoms with van der Waals surface area (Å²) >= 11 is 0. The predicted molar refractivity (Wildman–Crippen MR) is 138 cm³/mol. The molecular weight excluding hydrogens is 422 g/mol. The molecule has 0 bridgehead atoms. The van der Waals surface area contributed by atoms with E-state index in [1.807, 2.05) is 59.5 Å². The lowest BCUT2D eigenvalue weighted by Crippen LogP contribution is -2.32. The summed E-state index contributed by atoms with van der Waals surface area (Å²) in [4.78, 5) is 18.5. The van der Waals surface area contributed by atoms with Gasteiger partial charge >= 0.3 is 0 Å². The lowest BCUT2D eigenvalue weighted by Gasteiger charge is -2.23. The van der Waals surface area contributed by atoms with Crippen molar-refractivity contribution in [3.05, 3.63) is 96.2 Å². The van der Waals surface area contributed by atoms with E-state index in [1.54, 1.807) is 0 Å². The molecule has 3 N–H and O–H groups in total. The van der Waals surface area contributed by atoms with Crippen LogP contribution in [0, 0.1) is 0 Å². The van der Waals surface area contributed by atoms with Crippen LogP contribution < -0.4 is 10.5 Å². The largest absolute Gasteiger partial charge is 0.457 e. The molecule has 34 heavy (non-hydrogen) atoms. The van der Waals surface area contributed by atoms with Gasteiger partial charge in [0.15, 0.2) is 0 Å². The number of nitrogens with one attached hydrogen (secondary N) is 1. The number of nitrogens with two attached hydrogens (primary N) is 1. The molecule has 0 saturated carbocycles. The molecule has 0 aliphatic rings. The van der Waals surface area contributed by atoms with Crippen molar-refractivity contribution in [2.45, 2.75) is 38.6 Å². The number of para-hydroxylation sites is 2. The maximum absolute atomic E-state index is 13.2. The Kier molecular flexibility index (Phi) is 8.36. The molecule has 3 aromatic carbocycles. The van der Waals surface area contributed by atoms with E-state index in [1.165, 1.54) is 10.9 Å². The second-order valence-corrected chi connectivity index (χ2v) is 8.59. The molecule has 0 saturated heterocycles. The zero-order valence-electron chi connectivity index (χ0n) is 19.6. The summed E-state index contributed by atoms with van der Waals surface area (Å²) in [7, 11) is 0. The van der Waals surface area contributed by atoms with Gasteiger partial charge in [0.05, 0.1) is 0 Å². The van der Waals surface area contributed by atoms with Gasteiger partial charge in [-0.15, -0.1) is 0 Å². The second kappa shape index (κ2) is 12.1. The fraction of sp³-hybridized carbons (Fsp3) is 0.276. The number of amides is 1. The third-order valence-corrected chi connectivity index (χ3v) is 6.02. The first-order valence-electron chi connectivity index (χ1n) is 12.1. The van der Waals surface area contributed by atoms with Crippen LogP contribution >= 0.6 is 0 Å². The van der Waals surface area contributed by atoms with Crippen molar-refractivity contribution in [2.75, 3.05) is 13.1 Å². The van der Waals surface area contributed by atoms with Crippen molar-refractivity contribution >= 4 is 16.8 Å². The molecule has 0 aliphatic heterocycles. The van der Waals surface area contributed by atoms with E-state index in [0.717, 1.165) is 48.3 Å². The van der Waals surface area contributed by atoms with Crippen LogP contribution in [0.3, 0.4) is 0 Å². The average molecular weight is 456 g/mol. The summed E-state index contributed by atoms with van der Waals surface area (Å²) in [5, 5.41) is 1.22. The topological polar surface area (TPSA) is 71.4 Å². The van der Waals surface area contributed by atoms with Gasteiger partial charge in [-0.05, 0) is 67.3 Å². The molecule has 4 aromatic rings. The number of ether oxygens (including phenoxy) is 1. The summed E-state index contributed by atoms with van der Waals surface area (Å²) < 4.78 is 6.00. The van der Waals surface area contributed by atoms with Crippen LogP contribution in [0.25, 0.3) is 10.9 Å². The van der Waals surface area contributed by atoms with Crippen molar-refractivity contribution in [3.8, 4) is 11.5 Å². The van der Waals surface area contributed by atoms with Crippen molar-refractivity contribution in [2.24, 2.45) is 5.73 Å². The normalized spacial score (nSPS) is 11.0. The van der Waals surface area contributed by atoms with E-state index >= 15 is 0 Å². The average Bonchev–Trinajstić information content (AvgIpc) is 3.28. The van der Waals surface area contributed by atoms with Crippen molar-refractivity contribution < 1.29 is 9.53 Å². The first kappa shape index (κ1) is 23.6. The molecule has 0 atom stereocenters. The molecule has 5 nitrogen and oxygen atoms in total. The van der Waals surface area contributed by atoms with Gasteiger partial charge in [0, 0.05) is 36.6 Å². The number of carbonyl (C=O) groups is 1. The number of hydrogen-bond donors (Lipinski definition) is 2. The molecule has 1 aromatic heterocycles. The van der Waals surface area contributed by atoms with Crippen molar-refractivity contribution in [3.63, 3.8) is 0 Å². The smallest absolute Gasteiger partial charge is 0.222 e. The Bertz CT molecular complexity index is 1190. The van der Waals surface area contributed by atoms with Crippen LogP contribution in [0.1, 0.15) is 36.8 Å². The van der Waals surface area contributed by atoms with E-state index in [-0.39, 0.29) is 5.91 Å². The number of aromatic nitrogens is 1. The Labute approximate surface area is 201 Å². The van der Waals surface area contributed by atoms with Gasteiger partial charge in [0.2, 0.25) is 5.91 Å². The highest BCUT2D eigenvalue weighted by molar-refractivity contribution is 5.83. The maximum atomic E-state index is 13.2.